The van der Waals surface area contributed by atoms with E-state index in [2.05, 4.69) is 10.1 Å². The van der Waals surface area contributed by atoms with Gasteiger partial charge >= 0.3 is 18.3 Å². The number of halogens is 1. The van der Waals surface area contributed by atoms with E-state index in [0.29, 0.717) is 5.56 Å². The number of carbonyl (C=O) groups excluding carboxylic acids is 4. The van der Waals surface area contributed by atoms with Gasteiger partial charge in [-0.1, -0.05) is 30.3 Å². The lowest BCUT2D eigenvalue weighted by Crippen LogP contribution is -2.46. The van der Waals surface area contributed by atoms with Crippen molar-refractivity contribution in [2.45, 2.75) is 79.1 Å². The van der Waals surface area contributed by atoms with Gasteiger partial charge < -0.3 is 14.2 Å². The number of fused-ring (bicyclic) bond motifs is 2. The van der Waals surface area contributed by atoms with Crippen molar-refractivity contribution in [2.75, 3.05) is 9.80 Å². The molecule has 4 aromatic rings. The summed E-state index contributed by atoms with van der Waals surface area (Å²) in [7, 11) is 0. The van der Waals surface area contributed by atoms with E-state index in [4.69, 9.17) is 14.2 Å². The molecule has 0 radical (unpaired) electrons. The van der Waals surface area contributed by atoms with Gasteiger partial charge in [0.15, 0.2) is 11.6 Å². The topological polar surface area (TPSA) is 133 Å². The van der Waals surface area contributed by atoms with Crippen molar-refractivity contribution in [2.24, 2.45) is 0 Å². The summed E-state index contributed by atoms with van der Waals surface area (Å²) in [5.41, 5.74) is -2.16. The maximum Gasteiger partial charge on any atom is 0.435 e. The molecule has 50 heavy (non-hydrogen) atoms. The first-order valence-electron chi connectivity index (χ1n) is 15.8. The minimum absolute atomic E-state index is 0.0293. The summed E-state index contributed by atoms with van der Waals surface area (Å²) in [6, 6.07) is 14.4. The van der Waals surface area contributed by atoms with Crippen LogP contribution < -0.4 is 9.80 Å². The van der Waals surface area contributed by atoms with Gasteiger partial charge in [0.25, 0.3) is 0 Å². The summed E-state index contributed by atoms with van der Waals surface area (Å²) in [6.07, 6.45) is 0.0768. The number of rotatable bonds is 2. The number of amides is 2. The Morgan fingerprint density at radius 2 is 1.32 bits per heavy atom. The highest BCUT2D eigenvalue weighted by molar-refractivity contribution is 6.14. The van der Waals surface area contributed by atoms with E-state index in [9.17, 15) is 23.6 Å². The first-order valence-corrected chi connectivity index (χ1v) is 15.8. The molecule has 0 saturated carbocycles. The van der Waals surface area contributed by atoms with Gasteiger partial charge in [-0.05, 0) is 92.2 Å². The molecule has 0 unspecified atom stereocenters. The third kappa shape index (κ3) is 7.58. The highest BCUT2D eigenvalue weighted by Crippen LogP contribution is 2.47. The normalized spacial score (nSPS) is 14.4. The van der Waals surface area contributed by atoms with Crippen molar-refractivity contribution < 1.29 is 37.8 Å². The fourth-order valence-corrected chi connectivity index (χ4v) is 5.11. The van der Waals surface area contributed by atoms with Crippen molar-refractivity contribution >= 4 is 52.6 Å². The number of benzene rings is 2. The van der Waals surface area contributed by atoms with Crippen LogP contribution in [-0.4, -0.2) is 55.8 Å². The summed E-state index contributed by atoms with van der Waals surface area (Å²) in [5.74, 6) is 1.05. The van der Waals surface area contributed by atoms with Gasteiger partial charge in [0, 0.05) is 23.2 Å². The van der Waals surface area contributed by atoms with Crippen LogP contribution in [0.25, 0.3) is 28.2 Å². The van der Waals surface area contributed by atoms with Crippen LogP contribution in [0.3, 0.4) is 0 Å². The molecule has 2 amide bonds. The number of nitrogens with zero attached hydrogens (tertiary/aromatic N) is 5. The Hall–Kier alpha value is -5.81. The zero-order valence-electron chi connectivity index (χ0n) is 29.3. The summed E-state index contributed by atoms with van der Waals surface area (Å²) < 4.78 is 32.6. The maximum atomic E-state index is 14.4. The second kappa shape index (κ2) is 12.9. The number of carbonyl (C=O) groups is 3. The Morgan fingerprint density at radius 3 is 1.88 bits per heavy atom. The van der Waals surface area contributed by atoms with Crippen LogP contribution in [0.4, 0.5) is 30.1 Å². The van der Waals surface area contributed by atoms with Gasteiger partial charge in [0.2, 0.25) is 5.95 Å². The smallest absolute Gasteiger partial charge is 0.435 e. The van der Waals surface area contributed by atoms with Gasteiger partial charge in [0.05, 0.1) is 22.6 Å². The van der Waals surface area contributed by atoms with Gasteiger partial charge in [-0.25, -0.2) is 34.0 Å². The van der Waals surface area contributed by atoms with Crippen LogP contribution in [0.2, 0.25) is 0 Å². The SMILES string of the molecule is CC(C)(C)OC(=O)N1C(=C=O)/C(=C\c2ccccc2)N(C(=O)OC(C)(C)C)c2cc3c(-c4ccnc(F)c4)nn(C(=O)OC(C)(C)C)c3cc21. The molecule has 2 aromatic heterocycles. The van der Waals surface area contributed by atoms with E-state index in [-0.39, 0.29) is 44.9 Å². The number of pyridine rings is 1. The Bertz CT molecular complexity index is 2080. The third-order valence-electron chi connectivity index (χ3n) is 6.88. The molecule has 3 heterocycles. The first-order chi connectivity index (χ1) is 23.3. The highest BCUT2D eigenvalue weighted by atomic mass is 19.1. The Balaban J connectivity index is 1.92. The van der Waals surface area contributed by atoms with Crippen molar-refractivity contribution in [1.82, 2.24) is 14.8 Å². The lowest BCUT2D eigenvalue weighted by atomic mass is 10.0. The monoisotopic (exact) mass is 683 g/mol. The van der Waals surface area contributed by atoms with Crippen molar-refractivity contribution in [1.29, 1.82) is 0 Å². The van der Waals surface area contributed by atoms with Crippen LogP contribution in [0.1, 0.15) is 67.9 Å². The van der Waals surface area contributed by atoms with E-state index in [1.807, 2.05) is 5.94 Å². The fraction of sp³-hybridized carbons (Fsp3) is 0.324. The predicted octanol–water partition coefficient (Wildman–Crippen LogP) is 8.27. The molecule has 260 valence electrons. The first kappa shape index (κ1) is 35.5. The van der Waals surface area contributed by atoms with E-state index >= 15 is 0 Å². The second-order valence-corrected chi connectivity index (χ2v) is 14.5. The standard InChI is InChI=1S/C37H38FN5O7/c1-35(2,3)48-32(45)41-26(17-22-13-11-10-12-14-22)29(21-44)42(33(46)49-36(4,5)6)28-20-25-24(19-27(28)41)31(23-15-16-39-30(38)18-23)40-43(25)34(47)50-37(7,8)9/h10-20H,1-9H3/b26-17+. The molecule has 0 aliphatic carbocycles. The molecule has 0 saturated heterocycles. The van der Waals surface area contributed by atoms with E-state index in [1.54, 1.807) is 92.6 Å². The molecule has 0 bridgehead atoms. The Kier molecular flexibility index (Phi) is 9.16. The Labute approximate surface area is 288 Å². The number of hydrogen-bond donors (Lipinski definition) is 0. The molecule has 0 N–H and O–H groups in total. The number of anilines is 2. The summed E-state index contributed by atoms with van der Waals surface area (Å²) in [5, 5.41) is 4.79. The largest absolute Gasteiger partial charge is 0.443 e. The average Bonchev–Trinajstić information content (AvgIpc) is 3.36. The molecule has 1 aliphatic heterocycles. The van der Waals surface area contributed by atoms with Gasteiger partial charge in [-0.15, -0.1) is 0 Å². The summed E-state index contributed by atoms with van der Waals surface area (Å²) in [6.45, 7) is 15.1. The molecule has 0 spiro atoms. The fourth-order valence-electron chi connectivity index (χ4n) is 5.11. The maximum absolute atomic E-state index is 14.4. The molecular weight excluding hydrogens is 645 g/mol. The molecular formula is C37H38FN5O7. The second-order valence-electron chi connectivity index (χ2n) is 14.5. The van der Waals surface area contributed by atoms with Crippen LogP contribution in [0.5, 0.6) is 0 Å². The quantitative estimate of drug-likeness (QED) is 0.116. The number of aromatic nitrogens is 3. The molecule has 0 fully saturated rings. The number of ether oxygens (including phenoxy) is 3. The number of hydrogen-bond acceptors (Lipinski definition) is 9. The van der Waals surface area contributed by atoms with E-state index < -0.39 is 41.0 Å². The van der Waals surface area contributed by atoms with Gasteiger partial charge in [0.1, 0.15) is 22.5 Å². The van der Waals surface area contributed by atoms with E-state index in [0.717, 1.165) is 20.5 Å². The predicted molar refractivity (Wildman–Crippen MR) is 186 cm³/mol. The molecule has 1 aliphatic rings. The van der Waals surface area contributed by atoms with Crippen molar-refractivity contribution in [3.63, 3.8) is 0 Å². The molecule has 5 rings (SSSR count). The van der Waals surface area contributed by atoms with Gasteiger partial charge in [-0.3, -0.25) is 0 Å². The van der Waals surface area contributed by atoms with Crippen LogP contribution in [-0.2, 0) is 19.0 Å². The zero-order chi connectivity index (χ0) is 36.8. The lowest BCUT2D eigenvalue weighted by Gasteiger charge is -2.39. The molecule has 0 atom stereocenters. The van der Waals surface area contributed by atoms with Crippen molar-refractivity contribution in [3.8, 4) is 11.3 Å². The average molecular weight is 684 g/mol. The van der Waals surface area contributed by atoms with Crippen LogP contribution in [0, 0.1) is 5.95 Å². The summed E-state index contributed by atoms with van der Waals surface area (Å²) in [4.78, 5) is 60.5. The Morgan fingerprint density at radius 1 is 0.760 bits per heavy atom. The van der Waals surface area contributed by atoms with E-state index in [1.165, 1.54) is 30.5 Å². The minimum atomic E-state index is -1.00. The highest BCUT2D eigenvalue weighted by Gasteiger charge is 2.43. The molecule has 13 heteroatoms. The van der Waals surface area contributed by atoms with Gasteiger partial charge in [-0.2, -0.15) is 14.2 Å². The third-order valence-corrected chi connectivity index (χ3v) is 6.88. The van der Waals surface area contributed by atoms with Crippen LogP contribution in [0.15, 0.2) is 72.2 Å². The lowest BCUT2D eigenvalue weighted by molar-refractivity contribution is 0.0521. The zero-order valence-corrected chi connectivity index (χ0v) is 29.3. The molecule has 2 aromatic carbocycles. The molecule has 12 nitrogen and oxygen atoms in total. The minimum Gasteiger partial charge on any atom is -0.443 e. The summed E-state index contributed by atoms with van der Waals surface area (Å²) >= 11 is 0. The van der Waals surface area contributed by atoms with Crippen LogP contribution >= 0.6 is 0 Å². The van der Waals surface area contributed by atoms with Crippen molar-refractivity contribution in [3.05, 3.63) is 83.7 Å².